The summed E-state index contributed by atoms with van der Waals surface area (Å²) in [5.74, 6) is -1.62. The molecule has 3 aliphatic rings. The van der Waals surface area contributed by atoms with E-state index in [1.165, 1.54) is 19.1 Å². The summed E-state index contributed by atoms with van der Waals surface area (Å²) in [5.41, 5.74) is 3.87. The largest absolute Gasteiger partial charge is 0.386 e. The maximum Gasteiger partial charge on any atom is 0.244 e. The second kappa shape index (κ2) is 6.24. The number of halogens is 1. The molecule has 10 heteroatoms. The maximum atomic E-state index is 14.7. The molecule has 1 saturated heterocycles. The third-order valence-corrected chi connectivity index (χ3v) is 8.75. The van der Waals surface area contributed by atoms with Gasteiger partial charge in [-0.2, -0.15) is 5.26 Å². The van der Waals surface area contributed by atoms with E-state index in [9.17, 15) is 17.6 Å². The van der Waals surface area contributed by atoms with Gasteiger partial charge < -0.3 is 15.8 Å². The molecule has 2 aliphatic heterocycles. The van der Waals surface area contributed by atoms with Crippen LogP contribution in [0, 0.1) is 22.6 Å². The van der Waals surface area contributed by atoms with Gasteiger partial charge in [-0.15, -0.1) is 0 Å². The summed E-state index contributed by atoms with van der Waals surface area (Å²) in [5, 5.41) is 11.8. The number of amidine groups is 1. The van der Waals surface area contributed by atoms with Crippen molar-refractivity contribution in [2.75, 3.05) is 24.3 Å². The van der Waals surface area contributed by atoms with E-state index >= 15 is 0 Å². The van der Waals surface area contributed by atoms with E-state index in [-0.39, 0.29) is 36.7 Å². The van der Waals surface area contributed by atoms with Crippen LogP contribution in [0.1, 0.15) is 31.7 Å². The molecule has 1 aromatic rings. The maximum absolute atomic E-state index is 14.7. The minimum Gasteiger partial charge on any atom is -0.386 e. The summed E-state index contributed by atoms with van der Waals surface area (Å²) in [6, 6.07) is 5.86. The predicted molar refractivity (Wildman–Crippen MR) is 103 cm³/mol. The van der Waals surface area contributed by atoms with Crippen LogP contribution in [-0.4, -0.2) is 43.9 Å². The molecule has 0 bridgehead atoms. The van der Waals surface area contributed by atoms with Crippen molar-refractivity contribution in [3.8, 4) is 6.07 Å². The first-order valence-corrected chi connectivity index (χ1v) is 10.9. The third-order valence-electron chi connectivity index (χ3n) is 6.09. The lowest BCUT2D eigenvalue weighted by molar-refractivity contribution is -0.119. The number of benzene rings is 1. The number of nitrogens with zero attached hydrogens (tertiary/aromatic N) is 2. The van der Waals surface area contributed by atoms with Crippen LogP contribution in [0.2, 0.25) is 0 Å². The fraction of sp³-hybridized carbons (Fsp3) is 0.526. The SMILES string of the molecule is C[C@@]1(c2cc(NC(=O)C3(C#N)CC3)ccc2F)CS(=O)(=O)C2(CCOC2)C(N)=N1. The first-order valence-electron chi connectivity index (χ1n) is 9.26. The van der Waals surface area contributed by atoms with E-state index in [2.05, 4.69) is 10.3 Å². The number of carbonyl (C=O) groups is 1. The quantitative estimate of drug-likeness (QED) is 0.755. The summed E-state index contributed by atoms with van der Waals surface area (Å²) in [6.45, 7) is 1.71. The predicted octanol–water partition coefficient (Wildman–Crippen LogP) is 1.23. The van der Waals surface area contributed by atoms with Gasteiger partial charge in [0.2, 0.25) is 5.91 Å². The van der Waals surface area contributed by atoms with Crippen LogP contribution in [0.15, 0.2) is 23.2 Å². The minimum atomic E-state index is -3.78. The number of anilines is 1. The Morgan fingerprint density at radius 3 is 2.66 bits per heavy atom. The molecule has 1 aliphatic carbocycles. The van der Waals surface area contributed by atoms with Gasteiger partial charge in [-0.1, -0.05) is 0 Å². The Morgan fingerprint density at radius 2 is 2.10 bits per heavy atom. The highest BCUT2D eigenvalue weighted by Gasteiger charge is 2.57. The Kier molecular flexibility index (Phi) is 4.26. The van der Waals surface area contributed by atoms with Crippen molar-refractivity contribution >= 4 is 27.3 Å². The van der Waals surface area contributed by atoms with E-state index in [1.807, 2.05) is 6.07 Å². The Morgan fingerprint density at radius 1 is 1.38 bits per heavy atom. The van der Waals surface area contributed by atoms with Crippen molar-refractivity contribution in [2.45, 2.75) is 36.5 Å². The zero-order valence-electron chi connectivity index (χ0n) is 15.9. The van der Waals surface area contributed by atoms with Gasteiger partial charge >= 0.3 is 0 Å². The first kappa shape index (κ1) is 19.8. The summed E-state index contributed by atoms with van der Waals surface area (Å²) in [7, 11) is -3.78. The molecule has 2 atom stereocenters. The molecule has 29 heavy (non-hydrogen) atoms. The van der Waals surface area contributed by atoms with Gasteiger partial charge in [0.25, 0.3) is 0 Å². The number of nitrogens with two attached hydrogens (primary N) is 1. The summed E-state index contributed by atoms with van der Waals surface area (Å²) < 4.78 is 44.8. The number of nitriles is 1. The number of sulfone groups is 1. The van der Waals surface area contributed by atoms with Crippen LogP contribution in [0.4, 0.5) is 10.1 Å². The normalized spacial score (nSPS) is 31.7. The lowest BCUT2D eigenvalue weighted by Crippen LogP contribution is -2.58. The van der Waals surface area contributed by atoms with Crippen molar-refractivity contribution in [1.82, 2.24) is 0 Å². The summed E-state index contributed by atoms with van der Waals surface area (Å²) >= 11 is 0. The fourth-order valence-electron chi connectivity index (χ4n) is 3.98. The van der Waals surface area contributed by atoms with Crippen LogP contribution in [-0.2, 0) is 24.9 Å². The van der Waals surface area contributed by atoms with Gasteiger partial charge in [0, 0.05) is 17.9 Å². The van der Waals surface area contributed by atoms with Crippen LogP contribution in [0.25, 0.3) is 0 Å². The Labute approximate surface area is 167 Å². The standard InChI is InChI=1S/C19H21FN4O4S/c1-17(11-29(26,27)19(15(22)24-17)6-7-28-10-19)13-8-12(2-3-14(13)20)23-16(25)18(9-21)4-5-18/h2-3,8H,4-7,10-11H2,1H3,(H2,22,24)(H,23,25)/t17-,19?/m0/s1. The second-order valence-electron chi connectivity index (χ2n) is 8.17. The zero-order valence-corrected chi connectivity index (χ0v) is 16.7. The molecule has 154 valence electrons. The Bertz CT molecular complexity index is 1070. The fourth-order valence-corrected chi connectivity index (χ4v) is 6.24. The number of rotatable bonds is 3. The van der Waals surface area contributed by atoms with Crippen molar-refractivity contribution < 1.29 is 22.3 Å². The van der Waals surface area contributed by atoms with Crippen LogP contribution >= 0.6 is 0 Å². The highest BCUT2D eigenvalue weighted by atomic mass is 32.2. The van der Waals surface area contributed by atoms with Gasteiger partial charge in [0.15, 0.2) is 14.6 Å². The number of carbonyl (C=O) groups excluding carboxylic acids is 1. The second-order valence-corrected chi connectivity index (χ2v) is 10.5. The van der Waals surface area contributed by atoms with E-state index in [0.29, 0.717) is 12.8 Å². The van der Waals surface area contributed by atoms with Gasteiger partial charge in [0.1, 0.15) is 22.6 Å². The van der Waals surface area contributed by atoms with Gasteiger partial charge in [-0.25, -0.2) is 12.8 Å². The van der Waals surface area contributed by atoms with E-state index in [0.717, 1.165) is 6.07 Å². The van der Waals surface area contributed by atoms with Crippen molar-refractivity contribution in [3.05, 3.63) is 29.6 Å². The van der Waals surface area contributed by atoms with Crippen molar-refractivity contribution in [3.63, 3.8) is 0 Å². The van der Waals surface area contributed by atoms with E-state index in [1.54, 1.807) is 0 Å². The third kappa shape index (κ3) is 2.91. The highest BCUT2D eigenvalue weighted by Crippen LogP contribution is 2.46. The smallest absolute Gasteiger partial charge is 0.244 e. The number of amides is 1. The molecule has 4 rings (SSSR count). The zero-order chi connectivity index (χ0) is 21.1. The minimum absolute atomic E-state index is 0.0115. The lowest BCUT2D eigenvalue weighted by atomic mass is 9.92. The average Bonchev–Trinajstić information content (AvgIpc) is 3.29. The molecular weight excluding hydrogens is 399 g/mol. The van der Waals surface area contributed by atoms with Crippen molar-refractivity contribution in [2.24, 2.45) is 16.1 Å². The number of aliphatic imine (C=N–C) groups is 1. The lowest BCUT2D eigenvalue weighted by Gasteiger charge is -2.39. The molecule has 1 unspecified atom stereocenters. The molecule has 2 fully saturated rings. The average molecular weight is 420 g/mol. The van der Waals surface area contributed by atoms with Gasteiger partial charge in [-0.05, 0) is 44.4 Å². The molecule has 8 nitrogen and oxygen atoms in total. The Balaban J connectivity index is 1.72. The molecule has 0 aromatic heterocycles. The molecule has 3 N–H and O–H groups in total. The van der Waals surface area contributed by atoms with Crippen LogP contribution in [0.5, 0.6) is 0 Å². The highest BCUT2D eigenvalue weighted by molar-refractivity contribution is 7.93. The van der Waals surface area contributed by atoms with Crippen LogP contribution < -0.4 is 11.1 Å². The molecule has 2 heterocycles. The summed E-state index contributed by atoms with van der Waals surface area (Å²) in [6.07, 6.45) is 1.17. The number of hydrogen-bond acceptors (Lipinski definition) is 7. The molecule has 1 saturated carbocycles. The summed E-state index contributed by atoms with van der Waals surface area (Å²) in [4.78, 5) is 16.7. The molecular formula is C19H21FN4O4S. The Hall–Kier alpha value is -2.51. The topological polar surface area (TPSA) is 135 Å². The molecule has 1 aromatic carbocycles. The molecule has 1 spiro atoms. The first-order chi connectivity index (χ1) is 13.6. The van der Waals surface area contributed by atoms with E-state index < -0.39 is 43.0 Å². The number of nitrogens with one attached hydrogen (secondary N) is 1. The monoisotopic (exact) mass is 420 g/mol. The van der Waals surface area contributed by atoms with Crippen molar-refractivity contribution in [1.29, 1.82) is 5.26 Å². The molecule has 1 amide bonds. The van der Waals surface area contributed by atoms with Gasteiger partial charge in [-0.3, -0.25) is 9.79 Å². The van der Waals surface area contributed by atoms with Gasteiger partial charge in [0.05, 0.1) is 18.4 Å². The number of ether oxygens (including phenoxy) is 1. The van der Waals surface area contributed by atoms with Crippen LogP contribution in [0.3, 0.4) is 0 Å². The molecule has 0 radical (unpaired) electrons. The van der Waals surface area contributed by atoms with E-state index in [4.69, 9.17) is 15.7 Å². The number of hydrogen-bond donors (Lipinski definition) is 2.